The summed E-state index contributed by atoms with van der Waals surface area (Å²) in [6.07, 6.45) is -1.33. The number of hydrogen-bond donors (Lipinski definition) is 3. The minimum Gasteiger partial charge on any atom is -0.390 e. The van der Waals surface area contributed by atoms with Crippen LogP contribution in [0.2, 0.25) is 0 Å². The second-order valence-corrected chi connectivity index (χ2v) is 4.39. The molecule has 14 heavy (non-hydrogen) atoms. The van der Waals surface area contributed by atoms with Crippen LogP contribution in [-0.2, 0) is 14.9 Å². The van der Waals surface area contributed by atoms with Gasteiger partial charge in [-0.15, -0.1) is 0 Å². The van der Waals surface area contributed by atoms with Crippen molar-refractivity contribution in [3.63, 3.8) is 0 Å². The normalized spacial score (nSPS) is 13.4. The topological polar surface area (TPSA) is 104 Å². The van der Waals surface area contributed by atoms with E-state index in [-0.39, 0.29) is 12.1 Å². The van der Waals surface area contributed by atoms with Gasteiger partial charge in [-0.25, -0.2) is 0 Å². The Morgan fingerprint density at radius 3 is 2.43 bits per heavy atom. The van der Waals surface area contributed by atoms with Gasteiger partial charge in [-0.3, -0.25) is 9.35 Å². The van der Waals surface area contributed by atoms with Gasteiger partial charge < -0.3 is 10.4 Å². The lowest BCUT2D eigenvalue weighted by atomic mass is 10.3. The van der Waals surface area contributed by atoms with Crippen LogP contribution in [0.3, 0.4) is 0 Å². The Morgan fingerprint density at radius 2 is 2.07 bits per heavy atom. The standard InChI is InChI=1S/C7H13NO5S/c1-5(2)7(10)8-3-6(9)4-14(11,12)13/h6,9H,1,3-4H2,2H3,(H,8,10)(H,11,12,13)/t6-/m0/s1. The van der Waals surface area contributed by atoms with Gasteiger partial charge in [0.05, 0.1) is 6.10 Å². The fourth-order valence-corrected chi connectivity index (χ4v) is 1.27. The van der Waals surface area contributed by atoms with Crippen LogP contribution in [0.4, 0.5) is 0 Å². The quantitative estimate of drug-likeness (QED) is 0.406. The molecule has 0 aliphatic rings. The first-order valence-electron chi connectivity index (χ1n) is 3.79. The number of carbonyl (C=O) groups excluding carboxylic acids is 1. The number of aliphatic hydroxyl groups is 1. The molecule has 1 amide bonds. The largest absolute Gasteiger partial charge is 0.390 e. The predicted molar refractivity (Wildman–Crippen MR) is 50.2 cm³/mol. The van der Waals surface area contributed by atoms with E-state index in [4.69, 9.17) is 9.66 Å². The van der Waals surface area contributed by atoms with Crippen LogP contribution in [0, 0.1) is 0 Å². The molecule has 0 aromatic carbocycles. The van der Waals surface area contributed by atoms with Crippen molar-refractivity contribution >= 4 is 16.0 Å². The molecule has 0 saturated carbocycles. The summed E-state index contributed by atoms with van der Waals surface area (Å²) in [5.74, 6) is -1.27. The molecular weight excluding hydrogens is 210 g/mol. The zero-order valence-corrected chi connectivity index (χ0v) is 8.54. The van der Waals surface area contributed by atoms with Crippen molar-refractivity contribution in [1.82, 2.24) is 5.32 Å². The molecule has 0 unspecified atom stereocenters. The van der Waals surface area contributed by atoms with Crippen LogP contribution < -0.4 is 5.32 Å². The molecule has 1 atom stereocenters. The van der Waals surface area contributed by atoms with Gasteiger partial charge in [0.15, 0.2) is 0 Å². The highest BCUT2D eigenvalue weighted by Gasteiger charge is 2.14. The second-order valence-electron chi connectivity index (χ2n) is 2.89. The summed E-state index contributed by atoms with van der Waals surface area (Å²) in [7, 11) is -4.22. The number of nitrogens with one attached hydrogen (secondary N) is 1. The molecule has 0 fully saturated rings. The molecule has 0 spiro atoms. The van der Waals surface area contributed by atoms with Crippen LogP contribution >= 0.6 is 0 Å². The maximum absolute atomic E-state index is 10.9. The van der Waals surface area contributed by atoms with E-state index in [2.05, 4.69) is 11.9 Å². The maximum atomic E-state index is 10.9. The van der Waals surface area contributed by atoms with Crippen molar-refractivity contribution < 1.29 is 22.9 Å². The third kappa shape index (κ3) is 6.58. The van der Waals surface area contributed by atoms with E-state index >= 15 is 0 Å². The van der Waals surface area contributed by atoms with Crippen LogP contribution in [-0.4, -0.2) is 42.4 Å². The lowest BCUT2D eigenvalue weighted by molar-refractivity contribution is -0.117. The van der Waals surface area contributed by atoms with Gasteiger partial charge >= 0.3 is 0 Å². The van der Waals surface area contributed by atoms with Crippen molar-refractivity contribution in [3.05, 3.63) is 12.2 Å². The molecule has 82 valence electrons. The third-order valence-corrected chi connectivity index (χ3v) is 2.09. The highest BCUT2D eigenvalue weighted by molar-refractivity contribution is 7.85. The molecule has 0 aliphatic carbocycles. The number of aliphatic hydroxyl groups excluding tert-OH is 1. The molecule has 0 rings (SSSR count). The van der Waals surface area contributed by atoms with Crippen molar-refractivity contribution in [3.8, 4) is 0 Å². The van der Waals surface area contributed by atoms with Crippen LogP contribution in [0.15, 0.2) is 12.2 Å². The van der Waals surface area contributed by atoms with Gasteiger partial charge in [0.2, 0.25) is 5.91 Å². The lowest BCUT2D eigenvalue weighted by Gasteiger charge is -2.09. The molecule has 0 aromatic heterocycles. The Kier molecular flexibility index (Phi) is 4.75. The molecule has 7 heteroatoms. The van der Waals surface area contributed by atoms with Gasteiger partial charge in [-0.2, -0.15) is 8.42 Å². The van der Waals surface area contributed by atoms with E-state index in [1.165, 1.54) is 6.92 Å². The third-order valence-electron chi connectivity index (χ3n) is 1.29. The average Bonchev–Trinajstić information content (AvgIpc) is 1.96. The summed E-state index contributed by atoms with van der Waals surface area (Å²) < 4.78 is 28.9. The molecule has 0 aliphatic heterocycles. The van der Waals surface area contributed by atoms with Gasteiger partial charge in [0.1, 0.15) is 5.75 Å². The summed E-state index contributed by atoms with van der Waals surface area (Å²) in [6, 6.07) is 0. The van der Waals surface area contributed by atoms with Gasteiger partial charge in [0, 0.05) is 12.1 Å². The second kappa shape index (κ2) is 5.08. The maximum Gasteiger partial charge on any atom is 0.267 e. The van der Waals surface area contributed by atoms with Crippen molar-refractivity contribution in [2.45, 2.75) is 13.0 Å². The van der Waals surface area contributed by atoms with E-state index in [9.17, 15) is 13.2 Å². The lowest BCUT2D eigenvalue weighted by Crippen LogP contribution is -2.36. The minimum absolute atomic E-state index is 0.245. The van der Waals surface area contributed by atoms with Gasteiger partial charge in [0.25, 0.3) is 10.1 Å². The highest BCUT2D eigenvalue weighted by atomic mass is 32.2. The number of rotatable bonds is 5. The molecule has 3 N–H and O–H groups in total. The fraction of sp³-hybridized carbons (Fsp3) is 0.571. The van der Waals surface area contributed by atoms with E-state index < -0.39 is 27.9 Å². The Morgan fingerprint density at radius 1 is 1.57 bits per heavy atom. The highest BCUT2D eigenvalue weighted by Crippen LogP contribution is 1.91. The minimum atomic E-state index is -4.22. The van der Waals surface area contributed by atoms with Crippen molar-refractivity contribution in [2.24, 2.45) is 0 Å². The van der Waals surface area contributed by atoms with Crippen molar-refractivity contribution in [1.29, 1.82) is 0 Å². The predicted octanol–water partition coefficient (Wildman–Crippen LogP) is -1.07. The van der Waals surface area contributed by atoms with Crippen LogP contribution in [0.1, 0.15) is 6.92 Å². The first-order valence-corrected chi connectivity index (χ1v) is 5.40. The summed E-state index contributed by atoms with van der Waals surface area (Å²) in [5, 5.41) is 11.3. The average molecular weight is 223 g/mol. The van der Waals surface area contributed by atoms with E-state index in [0.29, 0.717) is 0 Å². The Hall–Kier alpha value is -0.920. The summed E-state index contributed by atoms with van der Waals surface area (Å²) in [6.45, 7) is 4.58. The van der Waals surface area contributed by atoms with Crippen molar-refractivity contribution in [2.75, 3.05) is 12.3 Å². The number of hydrogen-bond acceptors (Lipinski definition) is 4. The molecule has 0 heterocycles. The number of amides is 1. The number of carbonyl (C=O) groups is 1. The van der Waals surface area contributed by atoms with Crippen LogP contribution in [0.25, 0.3) is 0 Å². The molecule has 0 radical (unpaired) electrons. The molecule has 0 aromatic rings. The Balaban J connectivity index is 3.92. The van der Waals surface area contributed by atoms with Gasteiger partial charge in [-0.05, 0) is 6.92 Å². The zero-order valence-electron chi connectivity index (χ0n) is 7.73. The smallest absolute Gasteiger partial charge is 0.267 e. The Bertz CT molecular complexity index is 321. The van der Waals surface area contributed by atoms with E-state index in [1.807, 2.05) is 0 Å². The van der Waals surface area contributed by atoms with E-state index in [1.54, 1.807) is 0 Å². The summed E-state index contributed by atoms with van der Waals surface area (Å²) in [5.41, 5.74) is 0.254. The summed E-state index contributed by atoms with van der Waals surface area (Å²) >= 11 is 0. The Labute approximate surface area is 82.4 Å². The summed E-state index contributed by atoms with van der Waals surface area (Å²) in [4.78, 5) is 10.9. The molecule has 0 bridgehead atoms. The van der Waals surface area contributed by atoms with Gasteiger partial charge in [-0.1, -0.05) is 6.58 Å². The molecule has 6 nitrogen and oxygen atoms in total. The molecule has 0 saturated heterocycles. The fourth-order valence-electron chi connectivity index (χ4n) is 0.663. The van der Waals surface area contributed by atoms with E-state index in [0.717, 1.165) is 0 Å². The monoisotopic (exact) mass is 223 g/mol. The zero-order chi connectivity index (χ0) is 11.4. The van der Waals surface area contributed by atoms with Crippen LogP contribution in [0.5, 0.6) is 0 Å². The first kappa shape index (κ1) is 13.1. The SMILES string of the molecule is C=C(C)C(=O)NC[C@H](O)CS(=O)(=O)O. The molecular formula is C7H13NO5S. The first-order chi connectivity index (χ1) is 6.22.